The van der Waals surface area contributed by atoms with Gasteiger partial charge in [-0.1, -0.05) is 36.4 Å². The van der Waals surface area contributed by atoms with Gasteiger partial charge in [-0.3, -0.25) is 4.79 Å². The minimum absolute atomic E-state index is 0.696. The van der Waals surface area contributed by atoms with Crippen LogP contribution in [0.3, 0.4) is 0 Å². The molecule has 2 heteroatoms. The molecule has 0 aliphatic rings. The van der Waals surface area contributed by atoms with Crippen molar-refractivity contribution in [3.05, 3.63) is 60.4 Å². The number of furan rings is 1. The average Bonchev–Trinajstić information content (AvgIpc) is 2.86. The summed E-state index contributed by atoms with van der Waals surface area (Å²) in [7, 11) is 0. The minimum Gasteiger partial charge on any atom is -0.464 e. The van der Waals surface area contributed by atoms with Gasteiger partial charge in [-0.25, -0.2) is 0 Å². The van der Waals surface area contributed by atoms with Crippen LogP contribution in [0.4, 0.5) is 0 Å². The van der Waals surface area contributed by atoms with E-state index in [2.05, 4.69) is 0 Å². The zero-order valence-corrected chi connectivity index (χ0v) is 9.09. The molecule has 0 saturated heterocycles. The molecular formula is C15H10O2. The molecule has 0 aliphatic heterocycles. The highest BCUT2D eigenvalue weighted by atomic mass is 16.3. The van der Waals surface area contributed by atoms with Crippen LogP contribution in [0.15, 0.2) is 59.2 Å². The Balaban J connectivity index is 2.34. The van der Waals surface area contributed by atoms with Crippen LogP contribution in [-0.2, 0) is 0 Å². The van der Waals surface area contributed by atoms with Crippen LogP contribution in [0.25, 0.3) is 22.1 Å². The summed E-state index contributed by atoms with van der Waals surface area (Å²) in [5, 5.41) is 1.03. The maximum Gasteiger partial charge on any atom is 0.150 e. The van der Waals surface area contributed by atoms with Gasteiger partial charge < -0.3 is 4.42 Å². The van der Waals surface area contributed by atoms with Crippen LogP contribution in [0.5, 0.6) is 0 Å². The topological polar surface area (TPSA) is 30.2 Å². The van der Waals surface area contributed by atoms with Crippen molar-refractivity contribution in [2.75, 3.05) is 0 Å². The van der Waals surface area contributed by atoms with Crippen LogP contribution >= 0.6 is 0 Å². The van der Waals surface area contributed by atoms with Crippen LogP contribution in [-0.4, -0.2) is 6.29 Å². The molecule has 1 aromatic heterocycles. The van der Waals surface area contributed by atoms with E-state index in [4.69, 9.17) is 4.42 Å². The van der Waals surface area contributed by atoms with Crippen LogP contribution < -0.4 is 0 Å². The number of rotatable bonds is 2. The lowest BCUT2D eigenvalue weighted by Gasteiger charge is -2.05. The van der Waals surface area contributed by atoms with Gasteiger partial charge in [0.25, 0.3) is 0 Å². The molecule has 0 amide bonds. The number of aldehydes is 1. The Morgan fingerprint density at radius 3 is 2.59 bits per heavy atom. The van der Waals surface area contributed by atoms with Gasteiger partial charge >= 0.3 is 0 Å². The van der Waals surface area contributed by atoms with Crippen molar-refractivity contribution in [1.29, 1.82) is 0 Å². The predicted molar refractivity (Wildman–Crippen MR) is 67.0 cm³/mol. The molecule has 0 spiro atoms. The van der Waals surface area contributed by atoms with Crippen molar-refractivity contribution >= 4 is 17.3 Å². The van der Waals surface area contributed by atoms with Gasteiger partial charge in [-0.05, 0) is 23.3 Å². The summed E-state index contributed by atoms with van der Waals surface area (Å²) in [6.07, 6.45) is 2.55. The molecule has 0 N–H and O–H groups in total. The van der Waals surface area contributed by atoms with Crippen LogP contribution in [0.1, 0.15) is 10.4 Å². The summed E-state index contributed by atoms with van der Waals surface area (Å²) in [6.45, 7) is 0. The van der Waals surface area contributed by atoms with E-state index in [0.717, 1.165) is 28.4 Å². The maximum atomic E-state index is 11.1. The van der Waals surface area contributed by atoms with Gasteiger partial charge in [-0.2, -0.15) is 0 Å². The Morgan fingerprint density at radius 1 is 0.882 bits per heavy atom. The van der Waals surface area contributed by atoms with Crippen LogP contribution in [0.2, 0.25) is 0 Å². The second-order valence-electron chi connectivity index (χ2n) is 3.84. The Bertz CT molecular complexity index is 680. The SMILES string of the molecule is O=Cc1ccccc1-c1cccc2occc12. The van der Waals surface area contributed by atoms with Crippen molar-refractivity contribution in [2.24, 2.45) is 0 Å². The van der Waals surface area contributed by atoms with Gasteiger partial charge in [0.05, 0.1) is 6.26 Å². The first kappa shape index (κ1) is 9.85. The molecule has 0 unspecified atom stereocenters. The van der Waals surface area contributed by atoms with Crippen molar-refractivity contribution in [3.8, 4) is 11.1 Å². The van der Waals surface area contributed by atoms with Gasteiger partial charge in [-0.15, -0.1) is 0 Å². The van der Waals surface area contributed by atoms with E-state index in [1.807, 2.05) is 48.5 Å². The quantitative estimate of drug-likeness (QED) is 0.615. The molecule has 2 nitrogen and oxygen atoms in total. The fraction of sp³-hybridized carbons (Fsp3) is 0. The van der Waals surface area contributed by atoms with Crippen molar-refractivity contribution in [2.45, 2.75) is 0 Å². The fourth-order valence-electron chi connectivity index (χ4n) is 2.07. The lowest BCUT2D eigenvalue weighted by atomic mass is 9.98. The highest BCUT2D eigenvalue weighted by Gasteiger charge is 2.08. The number of benzene rings is 2. The van der Waals surface area contributed by atoms with Crippen molar-refractivity contribution in [1.82, 2.24) is 0 Å². The third-order valence-corrected chi connectivity index (χ3v) is 2.87. The van der Waals surface area contributed by atoms with E-state index in [1.54, 1.807) is 6.26 Å². The van der Waals surface area contributed by atoms with Crippen molar-refractivity contribution < 1.29 is 9.21 Å². The minimum atomic E-state index is 0.696. The predicted octanol–water partition coefficient (Wildman–Crippen LogP) is 3.91. The van der Waals surface area contributed by atoms with E-state index >= 15 is 0 Å². The Morgan fingerprint density at radius 2 is 1.71 bits per heavy atom. The molecule has 1 heterocycles. The molecule has 3 rings (SSSR count). The van der Waals surface area contributed by atoms with Crippen molar-refractivity contribution in [3.63, 3.8) is 0 Å². The first-order chi connectivity index (χ1) is 8.40. The Kier molecular flexibility index (Phi) is 2.26. The molecule has 17 heavy (non-hydrogen) atoms. The first-order valence-electron chi connectivity index (χ1n) is 5.41. The average molecular weight is 222 g/mol. The zero-order valence-electron chi connectivity index (χ0n) is 9.09. The highest BCUT2D eigenvalue weighted by Crippen LogP contribution is 2.30. The second-order valence-corrected chi connectivity index (χ2v) is 3.84. The molecule has 0 saturated carbocycles. The number of carbonyl (C=O) groups excluding carboxylic acids is 1. The fourth-order valence-corrected chi connectivity index (χ4v) is 2.07. The van der Waals surface area contributed by atoms with Gasteiger partial charge in [0.2, 0.25) is 0 Å². The molecule has 82 valence electrons. The molecule has 0 radical (unpaired) electrons. The largest absolute Gasteiger partial charge is 0.464 e. The van der Waals surface area contributed by atoms with Crippen LogP contribution in [0, 0.1) is 0 Å². The lowest BCUT2D eigenvalue weighted by molar-refractivity contribution is 0.112. The number of hydrogen-bond donors (Lipinski definition) is 0. The van der Waals surface area contributed by atoms with E-state index in [-0.39, 0.29) is 0 Å². The summed E-state index contributed by atoms with van der Waals surface area (Å²) in [5.74, 6) is 0. The van der Waals surface area contributed by atoms with E-state index in [1.165, 1.54) is 0 Å². The number of hydrogen-bond acceptors (Lipinski definition) is 2. The summed E-state index contributed by atoms with van der Waals surface area (Å²) in [5.41, 5.74) is 3.50. The number of carbonyl (C=O) groups is 1. The monoisotopic (exact) mass is 222 g/mol. The lowest BCUT2D eigenvalue weighted by Crippen LogP contribution is -1.86. The molecule has 2 aromatic carbocycles. The van der Waals surface area contributed by atoms with Gasteiger partial charge in [0.15, 0.2) is 6.29 Å². The van der Waals surface area contributed by atoms with E-state index in [0.29, 0.717) is 5.56 Å². The van der Waals surface area contributed by atoms with E-state index in [9.17, 15) is 4.79 Å². The molecule has 0 fully saturated rings. The molecule has 3 aromatic rings. The smallest absolute Gasteiger partial charge is 0.150 e. The third-order valence-electron chi connectivity index (χ3n) is 2.87. The number of fused-ring (bicyclic) bond motifs is 1. The summed E-state index contributed by atoms with van der Waals surface area (Å²) < 4.78 is 5.37. The van der Waals surface area contributed by atoms with E-state index < -0.39 is 0 Å². The molecule has 0 bridgehead atoms. The van der Waals surface area contributed by atoms with Gasteiger partial charge in [0.1, 0.15) is 5.58 Å². The maximum absolute atomic E-state index is 11.1. The normalized spacial score (nSPS) is 10.6. The van der Waals surface area contributed by atoms with Gasteiger partial charge in [0, 0.05) is 10.9 Å². The zero-order chi connectivity index (χ0) is 11.7. The highest BCUT2D eigenvalue weighted by molar-refractivity contribution is 5.98. The molecule has 0 aliphatic carbocycles. The second kappa shape index (κ2) is 3.91. The first-order valence-corrected chi connectivity index (χ1v) is 5.41. The Labute approximate surface area is 98.5 Å². The standard InChI is InChI=1S/C15H10O2/c16-10-11-4-1-2-5-12(11)13-6-3-7-15-14(13)8-9-17-15/h1-10H. The summed E-state index contributed by atoms with van der Waals surface area (Å²) in [4.78, 5) is 11.1. The molecular weight excluding hydrogens is 212 g/mol. The third kappa shape index (κ3) is 1.54. The molecule has 0 atom stereocenters. The summed E-state index contributed by atoms with van der Waals surface area (Å²) in [6, 6.07) is 15.3. The Hall–Kier alpha value is -2.35. The summed E-state index contributed by atoms with van der Waals surface area (Å²) >= 11 is 0.